The van der Waals surface area contributed by atoms with Crippen molar-refractivity contribution in [2.75, 3.05) is 11.5 Å². The van der Waals surface area contributed by atoms with Crippen molar-refractivity contribution in [3.05, 3.63) is 21.6 Å². The first kappa shape index (κ1) is 12.4. The van der Waals surface area contributed by atoms with Gasteiger partial charge in [-0.25, -0.2) is 8.42 Å². The quantitative estimate of drug-likeness (QED) is 0.854. The summed E-state index contributed by atoms with van der Waals surface area (Å²) in [5.74, 6) is 0.158. The third-order valence-corrected chi connectivity index (χ3v) is 4.99. The van der Waals surface area contributed by atoms with Crippen LogP contribution in [0.1, 0.15) is 31.0 Å². The Morgan fingerprint density at radius 2 is 2.00 bits per heavy atom. The number of nitrogens with one attached hydrogen (secondary N) is 1. The van der Waals surface area contributed by atoms with Crippen LogP contribution in [0.3, 0.4) is 0 Å². The molecule has 1 N–H and O–H groups in total. The highest BCUT2D eigenvalue weighted by molar-refractivity contribution is 7.91. The Balaban J connectivity index is 2.18. The van der Waals surface area contributed by atoms with Crippen molar-refractivity contribution in [1.29, 1.82) is 0 Å². The largest absolute Gasteiger partial charge is 0.299 e. The standard InChI is InChI=1S/C11H18N2O3S/c1-2-17(15,16)8-7-13-11(14)9-5-3-4-6-10(9)12-13/h12H,2-8H2,1H3. The smallest absolute Gasteiger partial charge is 0.269 e. The molecule has 1 aromatic rings. The van der Waals surface area contributed by atoms with Crippen molar-refractivity contribution in [3.8, 4) is 0 Å². The Morgan fingerprint density at radius 3 is 2.65 bits per heavy atom. The number of aryl methyl sites for hydroxylation is 2. The molecule has 0 spiro atoms. The molecule has 0 unspecified atom stereocenters. The highest BCUT2D eigenvalue weighted by Crippen LogP contribution is 2.15. The van der Waals surface area contributed by atoms with Crippen LogP contribution in [0.15, 0.2) is 4.79 Å². The molecule has 0 fully saturated rings. The van der Waals surface area contributed by atoms with Crippen LogP contribution in [0.5, 0.6) is 0 Å². The van der Waals surface area contributed by atoms with Gasteiger partial charge in [-0.05, 0) is 25.7 Å². The summed E-state index contributed by atoms with van der Waals surface area (Å²) in [4.78, 5) is 12.0. The van der Waals surface area contributed by atoms with E-state index in [9.17, 15) is 13.2 Å². The number of hydrogen-bond donors (Lipinski definition) is 1. The average Bonchev–Trinajstić information content (AvgIpc) is 2.65. The second kappa shape index (κ2) is 4.68. The molecule has 96 valence electrons. The Labute approximate surface area is 101 Å². The molecular formula is C11H18N2O3S. The van der Waals surface area contributed by atoms with Crippen molar-refractivity contribution >= 4 is 9.84 Å². The SMILES string of the molecule is CCS(=O)(=O)CCn1[nH]c2c(c1=O)CCCC2. The summed E-state index contributed by atoms with van der Waals surface area (Å²) in [7, 11) is -3.02. The molecule has 1 heterocycles. The van der Waals surface area contributed by atoms with Gasteiger partial charge in [-0.1, -0.05) is 6.92 Å². The molecule has 1 aromatic heterocycles. The van der Waals surface area contributed by atoms with Gasteiger partial charge in [-0.15, -0.1) is 0 Å². The molecule has 0 bridgehead atoms. The average molecular weight is 258 g/mol. The van der Waals surface area contributed by atoms with E-state index in [-0.39, 0.29) is 23.6 Å². The van der Waals surface area contributed by atoms with E-state index in [0.717, 1.165) is 36.9 Å². The predicted molar refractivity (Wildman–Crippen MR) is 66.0 cm³/mol. The molecule has 1 aliphatic carbocycles. The van der Waals surface area contributed by atoms with Gasteiger partial charge in [0.2, 0.25) is 0 Å². The maximum Gasteiger partial charge on any atom is 0.269 e. The number of aromatic nitrogens is 2. The third-order valence-electron chi connectivity index (χ3n) is 3.31. The van der Waals surface area contributed by atoms with Crippen LogP contribution in [-0.2, 0) is 29.2 Å². The van der Waals surface area contributed by atoms with Gasteiger partial charge in [0.05, 0.1) is 12.3 Å². The number of fused-ring (bicyclic) bond motifs is 1. The second-order valence-corrected chi connectivity index (χ2v) is 6.94. The first-order chi connectivity index (χ1) is 8.03. The van der Waals surface area contributed by atoms with Gasteiger partial charge in [0, 0.05) is 17.0 Å². The minimum absolute atomic E-state index is 0.0306. The Morgan fingerprint density at radius 1 is 1.29 bits per heavy atom. The van der Waals surface area contributed by atoms with Gasteiger partial charge in [-0.2, -0.15) is 0 Å². The first-order valence-electron chi connectivity index (χ1n) is 6.04. The fourth-order valence-corrected chi connectivity index (χ4v) is 2.92. The molecule has 0 amide bonds. The predicted octanol–water partition coefficient (Wildman–Crippen LogP) is 0.490. The van der Waals surface area contributed by atoms with Crippen molar-refractivity contribution in [3.63, 3.8) is 0 Å². The number of H-pyrrole nitrogens is 1. The van der Waals surface area contributed by atoms with Crippen LogP contribution in [0.4, 0.5) is 0 Å². The highest BCUT2D eigenvalue weighted by Gasteiger charge is 2.18. The van der Waals surface area contributed by atoms with Crippen molar-refractivity contribution in [1.82, 2.24) is 9.78 Å². The Kier molecular flexibility index (Phi) is 3.42. The molecule has 0 radical (unpaired) electrons. The maximum absolute atomic E-state index is 12.0. The van der Waals surface area contributed by atoms with Crippen LogP contribution in [0.2, 0.25) is 0 Å². The summed E-state index contributed by atoms with van der Waals surface area (Å²) in [6.45, 7) is 1.86. The summed E-state index contributed by atoms with van der Waals surface area (Å²) in [6, 6.07) is 0. The minimum Gasteiger partial charge on any atom is -0.299 e. The monoisotopic (exact) mass is 258 g/mol. The summed E-state index contributed by atoms with van der Waals surface area (Å²) >= 11 is 0. The van der Waals surface area contributed by atoms with E-state index in [4.69, 9.17) is 0 Å². The fourth-order valence-electron chi connectivity index (χ4n) is 2.17. The van der Waals surface area contributed by atoms with Gasteiger partial charge < -0.3 is 0 Å². The third kappa shape index (κ3) is 2.62. The molecule has 5 nitrogen and oxygen atoms in total. The normalized spacial score (nSPS) is 15.8. The van der Waals surface area contributed by atoms with Crippen LogP contribution in [0, 0.1) is 0 Å². The highest BCUT2D eigenvalue weighted by atomic mass is 32.2. The molecule has 0 aromatic carbocycles. The van der Waals surface area contributed by atoms with Crippen LogP contribution in [0.25, 0.3) is 0 Å². The Bertz CT molecular complexity index is 554. The lowest BCUT2D eigenvalue weighted by molar-refractivity contribution is 0.575. The lowest BCUT2D eigenvalue weighted by atomic mass is 9.98. The van der Waals surface area contributed by atoms with Gasteiger partial charge in [-0.3, -0.25) is 14.6 Å². The molecule has 6 heteroatoms. The summed E-state index contributed by atoms with van der Waals surface area (Å²) in [5.41, 5.74) is 1.81. The maximum atomic E-state index is 12.0. The molecular weight excluding hydrogens is 240 g/mol. The number of rotatable bonds is 4. The molecule has 17 heavy (non-hydrogen) atoms. The topological polar surface area (TPSA) is 71.9 Å². The van der Waals surface area contributed by atoms with Gasteiger partial charge in [0.1, 0.15) is 0 Å². The molecule has 2 rings (SSSR count). The van der Waals surface area contributed by atoms with E-state index >= 15 is 0 Å². The lowest BCUT2D eigenvalue weighted by Crippen LogP contribution is -2.24. The van der Waals surface area contributed by atoms with Gasteiger partial charge in [0.15, 0.2) is 9.84 Å². The van der Waals surface area contributed by atoms with E-state index in [2.05, 4.69) is 5.10 Å². The van der Waals surface area contributed by atoms with E-state index < -0.39 is 9.84 Å². The van der Waals surface area contributed by atoms with Gasteiger partial charge in [0.25, 0.3) is 5.56 Å². The summed E-state index contributed by atoms with van der Waals surface area (Å²) in [5, 5.41) is 3.04. The number of aromatic amines is 1. The molecule has 0 saturated heterocycles. The zero-order chi connectivity index (χ0) is 12.5. The van der Waals surface area contributed by atoms with Crippen LogP contribution >= 0.6 is 0 Å². The lowest BCUT2D eigenvalue weighted by Gasteiger charge is -2.07. The van der Waals surface area contributed by atoms with Gasteiger partial charge >= 0.3 is 0 Å². The van der Waals surface area contributed by atoms with Crippen LogP contribution in [-0.4, -0.2) is 29.7 Å². The van der Waals surface area contributed by atoms with Crippen LogP contribution < -0.4 is 5.56 Å². The summed E-state index contributed by atoms with van der Waals surface area (Å²) in [6.07, 6.45) is 3.86. The number of sulfone groups is 1. The summed E-state index contributed by atoms with van der Waals surface area (Å²) < 4.78 is 24.2. The zero-order valence-corrected chi connectivity index (χ0v) is 10.8. The van der Waals surface area contributed by atoms with Crippen molar-refractivity contribution in [2.24, 2.45) is 0 Å². The molecule has 1 aliphatic rings. The molecule has 0 aliphatic heterocycles. The minimum atomic E-state index is -3.02. The zero-order valence-electron chi connectivity index (χ0n) is 10.0. The van der Waals surface area contributed by atoms with E-state index in [0.29, 0.717) is 0 Å². The molecule has 0 atom stereocenters. The number of hydrogen-bond acceptors (Lipinski definition) is 3. The fraction of sp³-hybridized carbons (Fsp3) is 0.727. The van der Waals surface area contributed by atoms with E-state index in [1.165, 1.54) is 4.68 Å². The van der Waals surface area contributed by atoms with E-state index in [1.807, 2.05) is 0 Å². The van der Waals surface area contributed by atoms with E-state index in [1.54, 1.807) is 6.92 Å². The second-order valence-electron chi connectivity index (χ2n) is 4.47. The van der Waals surface area contributed by atoms with Crippen molar-refractivity contribution in [2.45, 2.75) is 39.2 Å². The first-order valence-corrected chi connectivity index (χ1v) is 7.86. The Hall–Kier alpha value is -1.04. The number of nitrogens with zero attached hydrogens (tertiary/aromatic N) is 1. The molecule has 0 saturated carbocycles. The van der Waals surface area contributed by atoms with Crippen molar-refractivity contribution < 1.29 is 8.42 Å².